The summed E-state index contributed by atoms with van der Waals surface area (Å²) in [5, 5.41) is 1.25. The average Bonchev–Trinajstić information content (AvgIpc) is 3.20. The van der Waals surface area contributed by atoms with Gasteiger partial charge in [0, 0.05) is 32.7 Å². The van der Waals surface area contributed by atoms with Crippen molar-refractivity contribution in [3.63, 3.8) is 0 Å². The summed E-state index contributed by atoms with van der Waals surface area (Å²) in [7, 11) is 0. The molecular formula is C20H14OS. The van der Waals surface area contributed by atoms with E-state index in [9.17, 15) is 0 Å². The normalized spacial score (nSPS) is 12.6. The highest BCUT2D eigenvalue weighted by Crippen LogP contribution is 2.43. The molecule has 0 aliphatic heterocycles. The average molecular weight is 302 g/mol. The van der Waals surface area contributed by atoms with Gasteiger partial charge in [-0.1, -0.05) is 36.4 Å². The highest BCUT2D eigenvalue weighted by Gasteiger charge is 2.24. The van der Waals surface area contributed by atoms with Crippen molar-refractivity contribution in [2.75, 3.05) is 0 Å². The van der Waals surface area contributed by atoms with Crippen LogP contribution in [0.15, 0.2) is 59.0 Å². The highest BCUT2D eigenvalue weighted by atomic mass is 32.1. The second-order valence-corrected chi connectivity index (χ2v) is 7.15. The molecule has 22 heavy (non-hydrogen) atoms. The van der Waals surface area contributed by atoms with E-state index < -0.39 is 0 Å². The molecule has 2 aromatic carbocycles. The van der Waals surface area contributed by atoms with E-state index in [0.29, 0.717) is 0 Å². The number of furan rings is 1. The smallest absolute Gasteiger partial charge is 0.139 e. The van der Waals surface area contributed by atoms with Crippen molar-refractivity contribution in [1.29, 1.82) is 0 Å². The molecule has 4 aromatic rings. The Bertz CT molecular complexity index is 1020. The molecule has 2 heteroatoms. The van der Waals surface area contributed by atoms with E-state index in [0.717, 1.165) is 17.8 Å². The molecule has 0 saturated heterocycles. The lowest BCUT2D eigenvalue weighted by Crippen LogP contribution is -1.80. The first-order valence-electron chi connectivity index (χ1n) is 7.50. The van der Waals surface area contributed by atoms with Gasteiger partial charge in [0.2, 0.25) is 0 Å². The zero-order valence-electron chi connectivity index (χ0n) is 12.2. The van der Waals surface area contributed by atoms with Crippen molar-refractivity contribution < 1.29 is 4.42 Å². The third kappa shape index (κ3) is 1.65. The van der Waals surface area contributed by atoms with E-state index in [1.54, 1.807) is 0 Å². The van der Waals surface area contributed by atoms with Gasteiger partial charge in [-0.3, -0.25) is 0 Å². The SMILES string of the molecule is Cc1ccc(-c2ccc3c4c(oc3c2)-c2ccccc2C4)s1. The second kappa shape index (κ2) is 4.34. The van der Waals surface area contributed by atoms with Crippen LogP contribution in [0.5, 0.6) is 0 Å². The van der Waals surface area contributed by atoms with Crippen LogP contribution in [-0.4, -0.2) is 0 Å². The number of aryl methyl sites for hydroxylation is 1. The van der Waals surface area contributed by atoms with E-state index in [4.69, 9.17) is 4.42 Å². The molecule has 0 spiro atoms. The number of benzene rings is 2. The van der Waals surface area contributed by atoms with Gasteiger partial charge in [0.15, 0.2) is 0 Å². The van der Waals surface area contributed by atoms with Gasteiger partial charge in [0.25, 0.3) is 0 Å². The monoisotopic (exact) mass is 302 g/mol. The largest absolute Gasteiger partial charge is 0.456 e. The van der Waals surface area contributed by atoms with Crippen molar-refractivity contribution in [3.05, 3.63) is 70.6 Å². The van der Waals surface area contributed by atoms with Gasteiger partial charge < -0.3 is 4.42 Å². The lowest BCUT2D eigenvalue weighted by molar-refractivity contribution is 0.631. The molecular weight excluding hydrogens is 288 g/mol. The second-order valence-electron chi connectivity index (χ2n) is 5.86. The Balaban J connectivity index is 1.71. The van der Waals surface area contributed by atoms with Crippen LogP contribution in [0.3, 0.4) is 0 Å². The van der Waals surface area contributed by atoms with Crippen LogP contribution >= 0.6 is 11.3 Å². The summed E-state index contributed by atoms with van der Waals surface area (Å²) in [4.78, 5) is 2.64. The minimum atomic E-state index is 0.982. The molecule has 0 amide bonds. The Morgan fingerprint density at radius 3 is 2.77 bits per heavy atom. The molecule has 0 saturated carbocycles. The number of fused-ring (bicyclic) bond motifs is 5. The molecule has 1 nitrogen and oxygen atoms in total. The third-order valence-corrected chi connectivity index (χ3v) is 5.50. The third-order valence-electron chi connectivity index (χ3n) is 4.45. The van der Waals surface area contributed by atoms with Crippen molar-refractivity contribution in [2.45, 2.75) is 13.3 Å². The van der Waals surface area contributed by atoms with Crippen LogP contribution in [0, 0.1) is 6.92 Å². The highest BCUT2D eigenvalue weighted by molar-refractivity contribution is 7.15. The number of hydrogen-bond donors (Lipinski definition) is 0. The molecule has 0 N–H and O–H groups in total. The Labute approximate surface area is 132 Å². The molecule has 0 fully saturated rings. The Morgan fingerprint density at radius 1 is 1.00 bits per heavy atom. The molecule has 0 atom stereocenters. The van der Waals surface area contributed by atoms with Crippen LogP contribution in [0.25, 0.3) is 32.7 Å². The topological polar surface area (TPSA) is 13.1 Å². The van der Waals surface area contributed by atoms with Gasteiger partial charge >= 0.3 is 0 Å². The van der Waals surface area contributed by atoms with Crippen LogP contribution in [-0.2, 0) is 6.42 Å². The predicted molar refractivity (Wildman–Crippen MR) is 92.5 cm³/mol. The maximum atomic E-state index is 6.21. The minimum absolute atomic E-state index is 0.982. The van der Waals surface area contributed by atoms with E-state index in [-0.39, 0.29) is 0 Å². The molecule has 2 aromatic heterocycles. The summed E-state index contributed by atoms with van der Waals surface area (Å²) in [5.74, 6) is 1.06. The maximum Gasteiger partial charge on any atom is 0.139 e. The lowest BCUT2D eigenvalue weighted by Gasteiger charge is -2.00. The molecule has 106 valence electrons. The molecule has 0 bridgehead atoms. The first kappa shape index (κ1) is 12.2. The van der Waals surface area contributed by atoms with Crippen LogP contribution in [0.2, 0.25) is 0 Å². The molecule has 1 aliphatic carbocycles. The maximum absolute atomic E-state index is 6.21. The molecule has 0 radical (unpaired) electrons. The van der Waals surface area contributed by atoms with Crippen molar-refractivity contribution in [3.8, 4) is 21.8 Å². The van der Waals surface area contributed by atoms with Crippen LogP contribution in [0.1, 0.15) is 16.0 Å². The standard InChI is InChI=1S/C20H14OS/c1-12-6-9-19(22-12)14-7-8-16-17-10-13-4-2-3-5-15(13)20(17)21-18(16)11-14/h2-9,11H,10H2,1H3. The van der Waals surface area contributed by atoms with E-state index >= 15 is 0 Å². The van der Waals surface area contributed by atoms with Gasteiger partial charge in [-0.2, -0.15) is 0 Å². The number of rotatable bonds is 1. The molecule has 0 unspecified atom stereocenters. The summed E-state index contributed by atoms with van der Waals surface area (Å²) in [6.07, 6.45) is 0.982. The van der Waals surface area contributed by atoms with Crippen LogP contribution in [0.4, 0.5) is 0 Å². The van der Waals surface area contributed by atoms with Gasteiger partial charge in [0.1, 0.15) is 11.3 Å². The zero-order valence-corrected chi connectivity index (χ0v) is 13.0. The van der Waals surface area contributed by atoms with Crippen molar-refractivity contribution in [1.82, 2.24) is 0 Å². The molecule has 1 aliphatic rings. The van der Waals surface area contributed by atoms with Crippen LogP contribution < -0.4 is 0 Å². The zero-order chi connectivity index (χ0) is 14.7. The fourth-order valence-electron chi connectivity index (χ4n) is 3.37. The summed E-state index contributed by atoms with van der Waals surface area (Å²) < 4.78 is 6.21. The molecule has 5 rings (SSSR count). The fraction of sp³-hybridized carbons (Fsp3) is 0.100. The first-order chi connectivity index (χ1) is 10.8. The van der Waals surface area contributed by atoms with Gasteiger partial charge in [0.05, 0.1) is 0 Å². The van der Waals surface area contributed by atoms with E-state index in [1.807, 2.05) is 11.3 Å². The Hall–Kier alpha value is -2.32. The summed E-state index contributed by atoms with van der Waals surface area (Å²) in [6, 6.07) is 19.5. The predicted octanol–water partition coefficient (Wildman–Crippen LogP) is 6.04. The fourth-order valence-corrected chi connectivity index (χ4v) is 4.24. The van der Waals surface area contributed by atoms with Gasteiger partial charge in [-0.15, -0.1) is 11.3 Å². The van der Waals surface area contributed by atoms with Gasteiger partial charge in [-0.05, 0) is 36.2 Å². The lowest BCUT2D eigenvalue weighted by atomic mass is 10.1. The number of thiophene rings is 1. The molecule has 2 heterocycles. The van der Waals surface area contributed by atoms with E-state index in [1.165, 1.54) is 37.4 Å². The van der Waals surface area contributed by atoms with Crippen molar-refractivity contribution >= 4 is 22.3 Å². The minimum Gasteiger partial charge on any atom is -0.456 e. The van der Waals surface area contributed by atoms with Gasteiger partial charge in [-0.25, -0.2) is 0 Å². The Morgan fingerprint density at radius 2 is 1.91 bits per heavy atom. The summed E-state index contributed by atoms with van der Waals surface area (Å²) in [5.41, 5.74) is 6.21. The Kier molecular flexibility index (Phi) is 2.42. The number of hydrogen-bond acceptors (Lipinski definition) is 2. The quantitative estimate of drug-likeness (QED) is 0.368. The van der Waals surface area contributed by atoms with E-state index in [2.05, 4.69) is 61.5 Å². The summed E-state index contributed by atoms with van der Waals surface area (Å²) in [6.45, 7) is 2.14. The first-order valence-corrected chi connectivity index (χ1v) is 8.32. The summed E-state index contributed by atoms with van der Waals surface area (Å²) >= 11 is 1.83. The van der Waals surface area contributed by atoms with Crippen molar-refractivity contribution in [2.24, 2.45) is 0 Å².